The molecule has 4 rings (SSSR count). The van der Waals surface area contributed by atoms with Crippen LogP contribution in [0.15, 0.2) is 42.4 Å². The van der Waals surface area contributed by atoms with E-state index < -0.39 is 37.9 Å². The second-order valence-corrected chi connectivity index (χ2v) is 10.2. The zero-order valence-electron chi connectivity index (χ0n) is 15.8. The number of aromatic nitrogens is 4. The molecule has 0 radical (unpaired) electrons. The second-order valence-electron chi connectivity index (χ2n) is 7.57. The lowest BCUT2D eigenvalue weighted by atomic mass is 9.95. The number of carboxylic acid groups (broad SMARTS) is 1. The summed E-state index contributed by atoms with van der Waals surface area (Å²) in [7, 11) is -3.90. The molecule has 2 aromatic rings. The molecule has 11 heteroatoms. The van der Waals surface area contributed by atoms with E-state index in [2.05, 4.69) is 10.3 Å². The molecule has 1 N–H and O–H groups in total. The fraction of sp³-hybridized carbons (Fsp3) is 0.389. The van der Waals surface area contributed by atoms with Gasteiger partial charge in [0.15, 0.2) is 40.2 Å². The van der Waals surface area contributed by atoms with Gasteiger partial charge in [0.1, 0.15) is 17.0 Å². The van der Waals surface area contributed by atoms with Crippen molar-refractivity contribution in [3.8, 4) is 0 Å². The molecular formula is C18H20N5O5S+. The zero-order valence-corrected chi connectivity index (χ0v) is 16.7. The molecule has 2 aromatic heterocycles. The van der Waals surface area contributed by atoms with Crippen LogP contribution >= 0.6 is 0 Å². The van der Waals surface area contributed by atoms with Gasteiger partial charge in [0, 0.05) is 12.1 Å². The van der Waals surface area contributed by atoms with Crippen LogP contribution in [0, 0.1) is 0 Å². The minimum absolute atomic E-state index is 0.0197. The third-order valence-electron chi connectivity index (χ3n) is 5.42. The van der Waals surface area contributed by atoms with Gasteiger partial charge in [-0.05, 0) is 19.9 Å². The highest BCUT2D eigenvalue weighted by molar-refractivity contribution is 7.94. The van der Waals surface area contributed by atoms with Crippen LogP contribution in [0.4, 0.5) is 0 Å². The van der Waals surface area contributed by atoms with Crippen molar-refractivity contribution in [3.63, 3.8) is 0 Å². The maximum absolute atomic E-state index is 12.9. The normalized spacial score (nSPS) is 25.7. The number of nitrogens with zero attached hydrogens (tertiary/aromatic N) is 5. The van der Waals surface area contributed by atoms with E-state index >= 15 is 0 Å². The average molecular weight is 418 g/mol. The van der Waals surface area contributed by atoms with Gasteiger partial charge in [-0.1, -0.05) is 11.3 Å². The van der Waals surface area contributed by atoms with Crippen molar-refractivity contribution in [1.82, 2.24) is 19.9 Å². The van der Waals surface area contributed by atoms with E-state index in [1.807, 2.05) is 35.2 Å². The Morgan fingerprint density at radius 1 is 1.31 bits per heavy atom. The number of carboxylic acids is 1. The van der Waals surface area contributed by atoms with Gasteiger partial charge in [-0.25, -0.2) is 22.5 Å². The highest BCUT2D eigenvalue weighted by atomic mass is 32.2. The highest BCUT2D eigenvalue weighted by Gasteiger charge is 2.70. The van der Waals surface area contributed by atoms with Crippen LogP contribution in [0.25, 0.3) is 6.08 Å². The van der Waals surface area contributed by atoms with Crippen molar-refractivity contribution < 1.29 is 27.7 Å². The topological polar surface area (TPSA) is 126 Å². The minimum atomic E-state index is -3.90. The monoisotopic (exact) mass is 418 g/mol. The fourth-order valence-electron chi connectivity index (χ4n) is 3.79. The van der Waals surface area contributed by atoms with Crippen LogP contribution < -0.4 is 4.57 Å². The number of amides is 1. The Morgan fingerprint density at radius 3 is 2.66 bits per heavy atom. The standard InChI is InChI=1S/C18H19N5O5S/c1-18(2)14(17(25)26)23-15(24)13(16(23)29(18,27)28)10-12-11-22(20-19-12)9-8-21-6-4-3-5-7-21/h3-7,10-11,14,16H,8-9H2,1-2H3/p+1/b13-10+/t14-,16+/m0/s1. The summed E-state index contributed by atoms with van der Waals surface area (Å²) in [6.45, 7) is 3.88. The number of sulfone groups is 1. The summed E-state index contributed by atoms with van der Waals surface area (Å²) >= 11 is 0. The van der Waals surface area contributed by atoms with Crippen LogP contribution in [-0.2, 0) is 32.5 Å². The first kappa shape index (κ1) is 19.2. The van der Waals surface area contributed by atoms with Crippen molar-refractivity contribution in [3.05, 3.63) is 48.1 Å². The molecular weight excluding hydrogens is 398 g/mol. The number of rotatable bonds is 5. The van der Waals surface area contributed by atoms with E-state index in [1.54, 1.807) is 10.9 Å². The Kier molecular flexibility index (Phi) is 4.30. The number of carbonyl (C=O) groups is 2. The lowest BCUT2D eigenvalue weighted by Gasteiger charge is -2.37. The molecule has 29 heavy (non-hydrogen) atoms. The summed E-state index contributed by atoms with van der Waals surface area (Å²) in [5.41, 5.74) is 0.365. The number of aliphatic carboxylic acids is 1. The molecule has 0 saturated carbocycles. The van der Waals surface area contributed by atoms with Gasteiger partial charge in [0.05, 0.1) is 11.8 Å². The molecule has 0 bridgehead atoms. The van der Waals surface area contributed by atoms with Gasteiger partial charge < -0.3 is 10.0 Å². The molecule has 2 atom stereocenters. The average Bonchev–Trinajstić information content (AvgIpc) is 3.17. The summed E-state index contributed by atoms with van der Waals surface area (Å²) in [4.78, 5) is 25.0. The fourth-order valence-corrected chi connectivity index (χ4v) is 5.91. The van der Waals surface area contributed by atoms with Crippen molar-refractivity contribution >= 4 is 27.8 Å². The molecule has 0 aliphatic carbocycles. The first-order valence-electron chi connectivity index (χ1n) is 8.99. The van der Waals surface area contributed by atoms with Gasteiger partial charge in [0.2, 0.25) is 0 Å². The molecule has 152 valence electrons. The molecule has 2 aliphatic rings. The number of aryl methyl sites for hydroxylation is 2. The molecule has 2 saturated heterocycles. The third-order valence-corrected chi connectivity index (χ3v) is 8.18. The van der Waals surface area contributed by atoms with E-state index in [0.717, 1.165) is 4.90 Å². The highest BCUT2D eigenvalue weighted by Crippen LogP contribution is 2.48. The second kappa shape index (κ2) is 6.48. The minimum Gasteiger partial charge on any atom is -0.480 e. The quantitative estimate of drug-likeness (QED) is 0.393. The maximum Gasteiger partial charge on any atom is 0.328 e. The first-order chi connectivity index (χ1) is 13.6. The summed E-state index contributed by atoms with van der Waals surface area (Å²) in [6.07, 6.45) is 6.84. The van der Waals surface area contributed by atoms with Gasteiger partial charge in [-0.15, -0.1) is 5.10 Å². The van der Waals surface area contributed by atoms with Crippen molar-refractivity contribution in [2.75, 3.05) is 0 Å². The number of β-lactam (4-membered cyclic amide) rings is 1. The largest absolute Gasteiger partial charge is 0.480 e. The molecule has 1 amide bonds. The van der Waals surface area contributed by atoms with Crippen LogP contribution in [0.3, 0.4) is 0 Å². The van der Waals surface area contributed by atoms with Crippen molar-refractivity contribution in [2.45, 2.75) is 43.1 Å². The number of hydrogen-bond acceptors (Lipinski definition) is 6. The van der Waals surface area contributed by atoms with E-state index in [1.165, 1.54) is 19.9 Å². The lowest BCUT2D eigenvalue weighted by Crippen LogP contribution is -2.58. The summed E-state index contributed by atoms with van der Waals surface area (Å²) in [5, 5.41) is 16.2. The Bertz CT molecular complexity index is 1120. The Balaban J connectivity index is 1.57. The summed E-state index contributed by atoms with van der Waals surface area (Å²) < 4.78 is 27.7. The van der Waals surface area contributed by atoms with Gasteiger partial charge in [0.25, 0.3) is 5.91 Å². The molecule has 2 fully saturated rings. The molecule has 4 heterocycles. The van der Waals surface area contributed by atoms with E-state index in [0.29, 0.717) is 18.8 Å². The van der Waals surface area contributed by atoms with Gasteiger partial charge >= 0.3 is 5.97 Å². The van der Waals surface area contributed by atoms with E-state index in [4.69, 9.17) is 0 Å². The van der Waals surface area contributed by atoms with Crippen molar-refractivity contribution in [1.29, 1.82) is 0 Å². The number of fused-ring (bicyclic) bond motifs is 1. The van der Waals surface area contributed by atoms with Crippen LogP contribution in [-0.4, -0.2) is 61.5 Å². The summed E-state index contributed by atoms with van der Waals surface area (Å²) in [5.74, 6) is -1.94. The smallest absolute Gasteiger partial charge is 0.328 e. The van der Waals surface area contributed by atoms with Crippen LogP contribution in [0.2, 0.25) is 0 Å². The van der Waals surface area contributed by atoms with Crippen molar-refractivity contribution in [2.24, 2.45) is 0 Å². The Morgan fingerprint density at radius 2 is 2.00 bits per heavy atom. The van der Waals surface area contributed by atoms with E-state index in [9.17, 15) is 23.1 Å². The summed E-state index contributed by atoms with van der Waals surface area (Å²) in [6, 6.07) is 4.33. The molecule has 0 unspecified atom stereocenters. The number of pyridine rings is 1. The predicted octanol–water partition coefficient (Wildman–Crippen LogP) is -0.522. The van der Waals surface area contributed by atoms with Crippen LogP contribution in [0.5, 0.6) is 0 Å². The molecule has 0 spiro atoms. The molecule has 10 nitrogen and oxygen atoms in total. The Hall–Kier alpha value is -3.08. The van der Waals surface area contributed by atoms with E-state index in [-0.39, 0.29) is 5.57 Å². The lowest BCUT2D eigenvalue weighted by molar-refractivity contribution is -0.698. The number of hydrogen-bond donors (Lipinski definition) is 1. The predicted molar refractivity (Wildman–Crippen MR) is 99.7 cm³/mol. The molecule has 0 aromatic carbocycles. The number of carbonyl (C=O) groups excluding carboxylic acids is 1. The van der Waals surface area contributed by atoms with Crippen LogP contribution in [0.1, 0.15) is 19.5 Å². The van der Waals surface area contributed by atoms with Gasteiger partial charge in [-0.3, -0.25) is 4.79 Å². The maximum atomic E-state index is 12.9. The zero-order chi connectivity index (χ0) is 21.0. The van der Waals surface area contributed by atoms with Gasteiger partial charge in [-0.2, -0.15) is 0 Å². The third kappa shape index (κ3) is 2.84. The first-order valence-corrected chi connectivity index (χ1v) is 10.5. The SMILES string of the molecule is CC1(C)[C@H](C(=O)O)N2C(=O)/C(=C\c3cn(CC[n+]4ccccc4)nn3)[C@H]2S1(=O)=O. The molecule has 2 aliphatic heterocycles. The Labute approximate surface area is 167 Å².